The lowest BCUT2D eigenvalue weighted by Gasteiger charge is -2.38. The minimum Gasteiger partial charge on any atom is -0.366 e. The molecule has 0 aromatic heterocycles. The molecule has 3 nitrogen and oxygen atoms in total. The molecule has 0 radical (unpaired) electrons. The number of benzene rings is 1. The van der Waals surface area contributed by atoms with E-state index in [9.17, 15) is 4.79 Å². The van der Waals surface area contributed by atoms with Gasteiger partial charge in [-0.2, -0.15) is 0 Å². The average Bonchev–Trinajstić information content (AvgIpc) is 2.41. The molecule has 0 bridgehead atoms. The first-order valence-electron chi connectivity index (χ1n) is 6.58. The molecule has 0 saturated carbocycles. The molecule has 1 aromatic carbocycles. The third-order valence-electron chi connectivity index (χ3n) is 3.95. The molecule has 1 heterocycles. The Bertz CT molecular complexity index is 521. The summed E-state index contributed by atoms with van der Waals surface area (Å²) in [6, 6.07) is 7.85. The summed E-state index contributed by atoms with van der Waals surface area (Å²) in [5.74, 6) is 0.0503. The minimum absolute atomic E-state index is 0.0503. The Balaban J connectivity index is 1.99. The van der Waals surface area contributed by atoms with Crippen molar-refractivity contribution < 1.29 is 4.79 Å². The molecule has 1 aromatic rings. The van der Waals surface area contributed by atoms with Crippen LogP contribution >= 0.6 is 0 Å². The Hall–Kier alpha value is -1.77. The summed E-state index contributed by atoms with van der Waals surface area (Å²) in [7, 11) is 0. The molecule has 2 N–H and O–H groups in total. The van der Waals surface area contributed by atoms with Crippen LogP contribution in [0.1, 0.15) is 32.6 Å². The fourth-order valence-electron chi connectivity index (χ4n) is 2.79. The topological polar surface area (TPSA) is 41.1 Å². The number of carbonyl (C=O) groups excluding carboxylic acids is 1. The van der Waals surface area contributed by atoms with Gasteiger partial charge in [-0.05, 0) is 50.3 Å². The zero-order valence-corrected chi connectivity index (χ0v) is 10.6. The van der Waals surface area contributed by atoms with Crippen LogP contribution in [0.3, 0.4) is 0 Å². The number of fused-ring (bicyclic) bond motifs is 1. The highest BCUT2D eigenvalue weighted by atomic mass is 16.2. The van der Waals surface area contributed by atoms with Crippen LogP contribution in [-0.4, -0.2) is 11.4 Å². The second kappa shape index (κ2) is 4.16. The van der Waals surface area contributed by atoms with Crippen LogP contribution in [0.2, 0.25) is 0 Å². The van der Waals surface area contributed by atoms with E-state index in [2.05, 4.69) is 16.7 Å². The van der Waals surface area contributed by atoms with Crippen molar-refractivity contribution in [1.29, 1.82) is 0 Å². The smallest absolute Gasteiger partial charge is 0.254 e. The van der Waals surface area contributed by atoms with Gasteiger partial charge in [-0.1, -0.05) is 18.2 Å². The molecule has 1 atom stereocenters. The van der Waals surface area contributed by atoms with Crippen molar-refractivity contribution in [3.8, 4) is 0 Å². The lowest BCUT2D eigenvalue weighted by Crippen LogP contribution is -2.51. The van der Waals surface area contributed by atoms with E-state index in [0.29, 0.717) is 0 Å². The van der Waals surface area contributed by atoms with Gasteiger partial charge in [0.05, 0.1) is 11.4 Å². The van der Waals surface area contributed by atoms with Gasteiger partial charge in [0, 0.05) is 0 Å². The minimum atomic E-state index is -0.589. The van der Waals surface area contributed by atoms with Gasteiger partial charge in [-0.3, -0.25) is 4.79 Å². The summed E-state index contributed by atoms with van der Waals surface area (Å²) < 4.78 is 0. The molecule has 3 heteroatoms. The zero-order valence-electron chi connectivity index (χ0n) is 10.6. The van der Waals surface area contributed by atoms with Crippen LogP contribution in [0, 0.1) is 0 Å². The number of rotatable bonds is 1. The molecule has 1 amide bonds. The average molecular weight is 242 g/mol. The van der Waals surface area contributed by atoms with Crippen LogP contribution in [0.5, 0.6) is 0 Å². The van der Waals surface area contributed by atoms with Gasteiger partial charge in [-0.25, -0.2) is 0 Å². The van der Waals surface area contributed by atoms with Crippen molar-refractivity contribution in [2.45, 2.75) is 38.1 Å². The van der Waals surface area contributed by atoms with Crippen molar-refractivity contribution in [1.82, 2.24) is 0 Å². The number of amides is 1. The predicted octanol–water partition coefficient (Wildman–Crippen LogP) is 3.31. The number of carbonyl (C=O) groups is 1. The second-order valence-electron chi connectivity index (χ2n) is 5.22. The van der Waals surface area contributed by atoms with Crippen LogP contribution < -0.4 is 10.6 Å². The first-order valence-corrected chi connectivity index (χ1v) is 6.58. The Labute approximate surface area is 107 Å². The van der Waals surface area contributed by atoms with Crippen molar-refractivity contribution in [2.75, 3.05) is 10.6 Å². The fraction of sp³-hybridized carbons (Fsp3) is 0.400. The van der Waals surface area contributed by atoms with Gasteiger partial charge >= 0.3 is 0 Å². The van der Waals surface area contributed by atoms with Crippen molar-refractivity contribution in [3.05, 3.63) is 35.9 Å². The van der Waals surface area contributed by atoms with Crippen molar-refractivity contribution >= 4 is 17.3 Å². The molecule has 0 spiro atoms. The summed E-state index contributed by atoms with van der Waals surface area (Å²) in [6.45, 7) is 1.98. The molecule has 1 aliphatic heterocycles. The molecule has 3 rings (SSSR count). The van der Waals surface area contributed by atoms with Gasteiger partial charge in [0.2, 0.25) is 0 Å². The van der Waals surface area contributed by atoms with Gasteiger partial charge in [0.1, 0.15) is 5.54 Å². The van der Waals surface area contributed by atoms with E-state index >= 15 is 0 Å². The van der Waals surface area contributed by atoms with E-state index in [4.69, 9.17) is 0 Å². The number of hydrogen-bond acceptors (Lipinski definition) is 2. The number of allylic oxidation sites excluding steroid dienone is 1. The SMILES string of the molecule is CC1(C2=CCCCC2)Nc2ccccc2NC1=O. The molecule has 0 saturated heterocycles. The van der Waals surface area contributed by atoms with Gasteiger partial charge in [-0.15, -0.1) is 0 Å². The van der Waals surface area contributed by atoms with E-state index in [0.717, 1.165) is 24.2 Å². The number of hydrogen-bond donors (Lipinski definition) is 2. The van der Waals surface area contributed by atoms with Crippen molar-refractivity contribution in [3.63, 3.8) is 0 Å². The van der Waals surface area contributed by atoms with E-state index in [1.807, 2.05) is 31.2 Å². The van der Waals surface area contributed by atoms with Crippen LogP contribution in [0.25, 0.3) is 0 Å². The van der Waals surface area contributed by atoms with Crippen LogP contribution in [0.4, 0.5) is 11.4 Å². The zero-order chi connectivity index (χ0) is 12.6. The highest BCUT2D eigenvalue weighted by Gasteiger charge is 2.40. The molecule has 2 aliphatic rings. The third-order valence-corrected chi connectivity index (χ3v) is 3.95. The lowest BCUT2D eigenvalue weighted by atomic mass is 9.82. The van der Waals surface area contributed by atoms with E-state index in [-0.39, 0.29) is 5.91 Å². The summed E-state index contributed by atoms with van der Waals surface area (Å²) in [5.41, 5.74) is 2.51. The molecule has 18 heavy (non-hydrogen) atoms. The fourth-order valence-corrected chi connectivity index (χ4v) is 2.79. The first-order chi connectivity index (χ1) is 8.70. The Morgan fingerprint density at radius 2 is 1.94 bits per heavy atom. The Morgan fingerprint density at radius 1 is 1.17 bits per heavy atom. The van der Waals surface area contributed by atoms with E-state index in [1.54, 1.807) is 0 Å². The van der Waals surface area contributed by atoms with E-state index < -0.39 is 5.54 Å². The lowest BCUT2D eigenvalue weighted by molar-refractivity contribution is -0.119. The maximum atomic E-state index is 12.4. The molecule has 0 fully saturated rings. The summed E-state index contributed by atoms with van der Waals surface area (Å²) in [6.07, 6.45) is 6.74. The summed E-state index contributed by atoms with van der Waals surface area (Å²) in [4.78, 5) is 12.4. The predicted molar refractivity (Wildman–Crippen MR) is 73.7 cm³/mol. The first kappa shape index (κ1) is 11.3. The number of para-hydroxylation sites is 2. The standard InChI is InChI=1S/C15H18N2O/c1-15(11-7-3-2-4-8-11)14(18)16-12-9-5-6-10-13(12)17-15/h5-7,9-10,17H,2-4,8H2,1H3,(H,16,18). The third kappa shape index (κ3) is 1.70. The quantitative estimate of drug-likeness (QED) is 0.742. The van der Waals surface area contributed by atoms with Gasteiger partial charge in [0.25, 0.3) is 5.91 Å². The maximum absolute atomic E-state index is 12.4. The van der Waals surface area contributed by atoms with Crippen LogP contribution in [0.15, 0.2) is 35.9 Å². The molecular formula is C15H18N2O. The summed E-state index contributed by atoms with van der Waals surface area (Å²) >= 11 is 0. The highest BCUT2D eigenvalue weighted by Crippen LogP contribution is 2.37. The monoisotopic (exact) mass is 242 g/mol. The second-order valence-corrected chi connectivity index (χ2v) is 5.22. The maximum Gasteiger partial charge on any atom is 0.254 e. The Morgan fingerprint density at radius 3 is 2.67 bits per heavy atom. The molecular weight excluding hydrogens is 224 g/mol. The normalized spacial score (nSPS) is 26.7. The van der Waals surface area contributed by atoms with Crippen molar-refractivity contribution in [2.24, 2.45) is 0 Å². The van der Waals surface area contributed by atoms with Crippen LogP contribution in [-0.2, 0) is 4.79 Å². The van der Waals surface area contributed by atoms with Gasteiger partial charge < -0.3 is 10.6 Å². The molecule has 94 valence electrons. The number of nitrogens with one attached hydrogen (secondary N) is 2. The molecule has 1 unspecified atom stereocenters. The van der Waals surface area contributed by atoms with Gasteiger partial charge in [0.15, 0.2) is 0 Å². The summed E-state index contributed by atoms with van der Waals surface area (Å²) in [5, 5.41) is 6.42. The van der Waals surface area contributed by atoms with E-state index in [1.165, 1.54) is 18.4 Å². The number of anilines is 2. The molecule has 1 aliphatic carbocycles. The highest BCUT2D eigenvalue weighted by molar-refractivity contribution is 6.07. The Kier molecular flexibility index (Phi) is 2.62. The largest absolute Gasteiger partial charge is 0.366 e.